The lowest BCUT2D eigenvalue weighted by molar-refractivity contribution is -0.307. The van der Waals surface area contributed by atoms with Crippen LogP contribution in [0.25, 0.3) is 0 Å². The van der Waals surface area contributed by atoms with Gasteiger partial charge in [0.1, 0.15) is 30.7 Å². The summed E-state index contributed by atoms with van der Waals surface area (Å²) in [6.07, 6.45) is 4.15. The molecule has 0 radical (unpaired) electrons. The average Bonchev–Trinajstić information content (AvgIpc) is 3.16. The van der Waals surface area contributed by atoms with Gasteiger partial charge < -0.3 is 14.2 Å². The third-order valence-electron chi connectivity index (χ3n) is 4.36. The van der Waals surface area contributed by atoms with Gasteiger partial charge in [0, 0.05) is 5.56 Å². The van der Waals surface area contributed by atoms with Gasteiger partial charge in [-0.1, -0.05) is 18.2 Å². The molecule has 6 nitrogen and oxygen atoms in total. The fraction of sp³-hybridized carbons (Fsp3) is 0.300. The molecule has 1 aliphatic heterocycles. The third kappa shape index (κ3) is 3.61. The quantitative estimate of drug-likeness (QED) is 0.701. The molecule has 0 N–H and O–H groups in total. The van der Waals surface area contributed by atoms with E-state index in [1.807, 2.05) is 54.6 Å². The molecule has 26 heavy (non-hydrogen) atoms. The lowest BCUT2D eigenvalue weighted by Crippen LogP contribution is -2.44. The molecule has 0 aliphatic carbocycles. The van der Waals surface area contributed by atoms with Gasteiger partial charge in [-0.15, -0.1) is 0 Å². The first kappa shape index (κ1) is 16.8. The molecule has 2 atom stereocenters. The van der Waals surface area contributed by atoms with Gasteiger partial charge in [-0.3, -0.25) is 0 Å². The summed E-state index contributed by atoms with van der Waals surface area (Å²) in [5.74, 6) is 0.687. The molecular weight excluding hydrogens is 330 g/mol. The molecule has 2 unspecified atom stereocenters. The first-order valence-electron chi connectivity index (χ1n) is 8.71. The van der Waals surface area contributed by atoms with E-state index in [0.717, 1.165) is 23.5 Å². The second kappa shape index (κ2) is 7.27. The van der Waals surface area contributed by atoms with Crippen LogP contribution in [0.2, 0.25) is 0 Å². The molecule has 6 heteroatoms. The minimum absolute atomic E-state index is 0.104. The number of hydrogen-bond donors (Lipinski definition) is 0. The average molecular weight is 351 g/mol. The van der Waals surface area contributed by atoms with Crippen LogP contribution in [0.1, 0.15) is 18.9 Å². The molecule has 2 heterocycles. The molecular formula is C20H21N3O3. The van der Waals surface area contributed by atoms with Crippen molar-refractivity contribution in [2.75, 3.05) is 6.61 Å². The van der Waals surface area contributed by atoms with Crippen molar-refractivity contribution in [3.63, 3.8) is 0 Å². The van der Waals surface area contributed by atoms with Crippen molar-refractivity contribution >= 4 is 0 Å². The molecule has 2 aromatic carbocycles. The van der Waals surface area contributed by atoms with Gasteiger partial charge in [0.05, 0.1) is 12.7 Å². The van der Waals surface area contributed by atoms with Gasteiger partial charge in [-0.2, -0.15) is 5.10 Å². The van der Waals surface area contributed by atoms with Crippen LogP contribution < -0.4 is 4.74 Å². The van der Waals surface area contributed by atoms with Gasteiger partial charge in [0.15, 0.2) is 0 Å². The predicted octanol–water partition coefficient (Wildman–Crippen LogP) is 3.75. The Balaban J connectivity index is 1.59. The topological polar surface area (TPSA) is 58.4 Å². The Morgan fingerprint density at radius 1 is 1.12 bits per heavy atom. The molecule has 134 valence electrons. The van der Waals surface area contributed by atoms with Crippen molar-refractivity contribution in [2.24, 2.45) is 0 Å². The first-order chi connectivity index (χ1) is 12.7. The molecule has 0 amide bonds. The van der Waals surface area contributed by atoms with Crippen LogP contribution in [0.5, 0.6) is 11.5 Å². The number of ether oxygens (including phenoxy) is 3. The Hall–Kier alpha value is -2.70. The molecule has 3 aromatic rings. The lowest BCUT2D eigenvalue weighted by atomic mass is 10.0. The maximum Gasteiger partial charge on any atom is 0.215 e. The highest BCUT2D eigenvalue weighted by molar-refractivity contribution is 5.34. The summed E-state index contributed by atoms with van der Waals surface area (Å²) in [6.45, 7) is 3.14. The number of aromatic nitrogens is 3. The lowest BCUT2D eigenvalue weighted by Gasteiger charge is -2.40. The van der Waals surface area contributed by atoms with Crippen LogP contribution in [0.15, 0.2) is 67.3 Å². The monoisotopic (exact) mass is 351 g/mol. The zero-order chi connectivity index (χ0) is 17.8. The second-order valence-electron chi connectivity index (χ2n) is 6.35. The number of hydrogen-bond acceptors (Lipinski definition) is 5. The first-order valence-corrected chi connectivity index (χ1v) is 8.71. The smallest absolute Gasteiger partial charge is 0.215 e. The van der Waals surface area contributed by atoms with Crippen molar-refractivity contribution in [3.8, 4) is 11.5 Å². The molecule has 4 rings (SSSR count). The van der Waals surface area contributed by atoms with Gasteiger partial charge in [-0.05, 0) is 49.7 Å². The van der Waals surface area contributed by atoms with Gasteiger partial charge in [0.25, 0.3) is 0 Å². The largest absolute Gasteiger partial charge is 0.457 e. The summed E-state index contributed by atoms with van der Waals surface area (Å²) >= 11 is 0. The summed E-state index contributed by atoms with van der Waals surface area (Å²) in [5, 5.41) is 4.20. The molecule has 0 spiro atoms. The zero-order valence-corrected chi connectivity index (χ0v) is 14.6. The summed E-state index contributed by atoms with van der Waals surface area (Å²) in [4.78, 5) is 4.01. The summed E-state index contributed by atoms with van der Waals surface area (Å²) in [5.41, 5.74) is 0.931. The van der Waals surface area contributed by atoms with Crippen molar-refractivity contribution in [1.82, 2.24) is 14.8 Å². The van der Waals surface area contributed by atoms with E-state index in [-0.39, 0.29) is 6.10 Å². The summed E-state index contributed by atoms with van der Waals surface area (Å²) in [7, 11) is 0. The minimum atomic E-state index is -0.878. The fourth-order valence-electron chi connectivity index (χ4n) is 3.06. The SMILES string of the molecule is CC1CCOC(Cn2cncn2)(c2ccc(Oc3ccccc3)cc2)O1. The highest BCUT2D eigenvalue weighted by Gasteiger charge is 2.40. The highest BCUT2D eigenvalue weighted by Crippen LogP contribution is 2.36. The molecule has 1 aliphatic rings. The molecule has 0 bridgehead atoms. The van der Waals surface area contributed by atoms with Crippen LogP contribution in [0, 0.1) is 0 Å². The molecule has 0 saturated carbocycles. The van der Waals surface area contributed by atoms with Crippen molar-refractivity contribution in [1.29, 1.82) is 0 Å². The van der Waals surface area contributed by atoms with Crippen LogP contribution in [0.3, 0.4) is 0 Å². The van der Waals surface area contributed by atoms with Crippen LogP contribution in [-0.4, -0.2) is 27.5 Å². The van der Waals surface area contributed by atoms with Crippen LogP contribution in [0.4, 0.5) is 0 Å². The minimum Gasteiger partial charge on any atom is -0.457 e. The Kier molecular flexibility index (Phi) is 4.69. The summed E-state index contributed by atoms with van der Waals surface area (Å²) < 4.78 is 19.9. The standard InChI is InChI=1S/C20H21N3O3/c1-16-11-12-24-20(26-16,13-23-15-21-14-22-23)17-7-9-19(10-8-17)25-18-5-3-2-4-6-18/h2-10,14-16H,11-13H2,1H3. The van der Waals surface area contributed by atoms with Crippen molar-refractivity contribution in [3.05, 3.63) is 72.8 Å². The molecule has 1 aromatic heterocycles. The zero-order valence-electron chi connectivity index (χ0n) is 14.6. The van der Waals surface area contributed by atoms with Crippen LogP contribution >= 0.6 is 0 Å². The highest BCUT2D eigenvalue weighted by atomic mass is 16.7. The number of para-hydroxylation sites is 1. The van der Waals surface area contributed by atoms with Crippen molar-refractivity contribution in [2.45, 2.75) is 31.8 Å². The van der Waals surface area contributed by atoms with E-state index < -0.39 is 5.79 Å². The number of benzene rings is 2. The van der Waals surface area contributed by atoms with Gasteiger partial charge in [-0.25, -0.2) is 9.67 Å². The Bertz CT molecular complexity index is 821. The van der Waals surface area contributed by atoms with Crippen LogP contribution in [-0.2, 0) is 21.8 Å². The fourth-order valence-corrected chi connectivity index (χ4v) is 3.06. The van der Waals surface area contributed by atoms with E-state index in [1.165, 1.54) is 6.33 Å². The second-order valence-corrected chi connectivity index (χ2v) is 6.35. The van der Waals surface area contributed by atoms with E-state index >= 15 is 0 Å². The Morgan fingerprint density at radius 3 is 2.58 bits per heavy atom. The number of nitrogens with zero attached hydrogens (tertiary/aromatic N) is 3. The van der Waals surface area contributed by atoms with E-state index in [4.69, 9.17) is 14.2 Å². The maximum atomic E-state index is 6.24. The van der Waals surface area contributed by atoms with E-state index in [9.17, 15) is 0 Å². The summed E-state index contributed by atoms with van der Waals surface area (Å²) in [6, 6.07) is 17.5. The Labute approximate surface area is 152 Å². The number of rotatable bonds is 5. The van der Waals surface area contributed by atoms with Gasteiger partial charge in [0.2, 0.25) is 5.79 Å². The van der Waals surface area contributed by atoms with E-state index in [0.29, 0.717) is 13.2 Å². The molecule has 1 fully saturated rings. The normalized spacial score (nSPS) is 22.9. The predicted molar refractivity (Wildman–Crippen MR) is 95.8 cm³/mol. The van der Waals surface area contributed by atoms with E-state index in [2.05, 4.69) is 17.0 Å². The van der Waals surface area contributed by atoms with Gasteiger partial charge >= 0.3 is 0 Å². The van der Waals surface area contributed by atoms with E-state index in [1.54, 1.807) is 11.0 Å². The van der Waals surface area contributed by atoms with Crippen molar-refractivity contribution < 1.29 is 14.2 Å². The maximum absolute atomic E-state index is 6.24. The molecule has 1 saturated heterocycles. The Morgan fingerprint density at radius 2 is 1.88 bits per heavy atom. The third-order valence-corrected chi connectivity index (χ3v) is 4.36.